The molecule has 0 fully saturated rings. The van der Waals surface area contributed by atoms with E-state index in [1.54, 1.807) is 0 Å². The Morgan fingerprint density at radius 2 is 0.906 bits per heavy atom. The van der Waals surface area contributed by atoms with E-state index in [0.29, 0.717) is 0 Å². The van der Waals surface area contributed by atoms with Gasteiger partial charge >= 0.3 is 0 Å². The molecule has 0 aliphatic heterocycles. The minimum Gasteiger partial charge on any atom is -0.304 e. The molecule has 2 atom stereocenters. The van der Waals surface area contributed by atoms with Crippen molar-refractivity contribution in [1.29, 1.82) is 0 Å². The molecule has 0 unspecified atom stereocenters. The Morgan fingerprint density at radius 3 is 1.28 bits per heavy atom. The SMILES string of the molecule is Cc1cccc([C@@H](NCc2ccccc2)[C@H](NCc2ccccc2)c2cccc(C)c2)c1. The third-order valence-corrected chi connectivity index (χ3v) is 5.87. The van der Waals surface area contributed by atoms with Crippen LogP contribution < -0.4 is 10.6 Å². The lowest BCUT2D eigenvalue weighted by Crippen LogP contribution is -2.35. The number of hydrogen-bond acceptors (Lipinski definition) is 2. The molecule has 0 heterocycles. The lowest BCUT2D eigenvalue weighted by molar-refractivity contribution is 0.381. The number of benzene rings is 4. The maximum Gasteiger partial charge on any atom is 0.0521 e. The lowest BCUT2D eigenvalue weighted by atomic mass is 9.91. The summed E-state index contributed by atoms with van der Waals surface area (Å²) in [6.45, 7) is 5.96. The van der Waals surface area contributed by atoms with E-state index in [-0.39, 0.29) is 12.1 Å². The molecule has 0 aromatic heterocycles. The summed E-state index contributed by atoms with van der Waals surface area (Å²) in [6, 6.07) is 39.2. The lowest BCUT2D eigenvalue weighted by Gasteiger charge is -2.31. The smallest absolute Gasteiger partial charge is 0.0521 e. The summed E-state index contributed by atoms with van der Waals surface area (Å²) in [6.07, 6.45) is 0. The van der Waals surface area contributed by atoms with E-state index >= 15 is 0 Å². The third-order valence-electron chi connectivity index (χ3n) is 5.87. The molecule has 0 saturated carbocycles. The zero-order chi connectivity index (χ0) is 22.2. The van der Waals surface area contributed by atoms with Crippen LogP contribution in [0.3, 0.4) is 0 Å². The quantitative estimate of drug-likeness (QED) is 0.316. The first kappa shape index (κ1) is 22.0. The van der Waals surface area contributed by atoms with Crippen molar-refractivity contribution in [3.8, 4) is 0 Å². The van der Waals surface area contributed by atoms with Gasteiger partial charge in [-0.15, -0.1) is 0 Å². The zero-order valence-corrected chi connectivity index (χ0v) is 19.0. The maximum absolute atomic E-state index is 3.87. The van der Waals surface area contributed by atoms with Crippen LogP contribution in [0, 0.1) is 13.8 Å². The van der Waals surface area contributed by atoms with Gasteiger partial charge in [0.15, 0.2) is 0 Å². The van der Waals surface area contributed by atoms with Crippen LogP contribution in [-0.4, -0.2) is 0 Å². The Morgan fingerprint density at radius 1 is 0.500 bits per heavy atom. The van der Waals surface area contributed by atoms with Crippen molar-refractivity contribution in [2.75, 3.05) is 0 Å². The minimum absolute atomic E-state index is 0.126. The summed E-state index contributed by atoms with van der Waals surface area (Å²) in [5.74, 6) is 0. The Kier molecular flexibility index (Phi) is 7.50. The Balaban J connectivity index is 1.68. The Hall–Kier alpha value is -3.20. The fraction of sp³-hybridized carbons (Fsp3) is 0.200. The van der Waals surface area contributed by atoms with E-state index in [1.807, 2.05) is 0 Å². The first-order valence-corrected chi connectivity index (χ1v) is 11.4. The average Bonchev–Trinajstić information content (AvgIpc) is 2.82. The Bertz CT molecular complexity index is 1010. The molecule has 32 heavy (non-hydrogen) atoms. The van der Waals surface area contributed by atoms with Crippen LogP contribution in [0.15, 0.2) is 109 Å². The van der Waals surface area contributed by atoms with Crippen LogP contribution in [0.1, 0.15) is 45.5 Å². The average molecular weight is 421 g/mol. The molecular weight excluding hydrogens is 388 g/mol. The van der Waals surface area contributed by atoms with E-state index in [1.165, 1.54) is 33.4 Å². The van der Waals surface area contributed by atoms with Gasteiger partial charge in [0.25, 0.3) is 0 Å². The number of rotatable bonds is 9. The van der Waals surface area contributed by atoms with Gasteiger partial charge in [0.05, 0.1) is 12.1 Å². The van der Waals surface area contributed by atoms with E-state index in [0.717, 1.165) is 13.1 Å². The highest BCUT2D eigenvalue weighted by Crippen LogP contribution is 2.31. The van der Waals surface area contributed by atoms with Crippen LogP contribution in [0.25, 0.3) is 0 Å². The zero-order valence-electron chi connectivity index (χ0n) is 19.0. The van der Waals surface area contributed by atoms with Crippen LogP contribution in [-0.2, 0) is 13.1 Å². The van der Waals surface area contributed by atoms with Crippen LogP contribution in [0.2, 0.25) is 0 Å². The second kappa shape index (κ2) is 10.9. The summed E-state index contributed by atoms with van der Waals surface area (Å²) in [5.41, 5.74) is 7.73. The van der Waals surface area contributed by atoms with Crippen molar-refractivity contribution in [1.82, 2.24) is 10.6 Å². The van der Waals surface area contributed by atoms with Gasteiger partial charge in [0.1, 0.15) is 0 Å². The number of nitrogens with one attached hydrogen (secondary N) is 2. The van der Waals surface area contributed by atoms with Crippen molar-refractivity contribution >= 4 is 0 Å². The molecular formula is C30H32N2. The van der Waals surface area contributed by atoms with Gasteiger partial charge in [0, 0.05) is 13.1 Å². The van der Waals surface area contributed by atoms with Crippen molar-refractivity contribution in [2.24, 2.45) is 0 Å². The first-order valence-electron chi connectivity index (χ1n) is 11.4. The summed E-state index contributed by atoms with van der Waals surface area (Å²) >= 11 is 0. The molecule has 4 rings (SSSR count). The predicted octanol–water partition coefficient (Wildman–Crippen LogP) is 6.67. The fourth-order valence-corrected chi connectivity index (χ4v) is 4.23. The maximum atomic E-state index is 3.87. The van der Waals surface area contributed by atoms with Gasteiger partial charge in [-0.1, -0.05) is 120 Å². The second-order valence-electron chi connectivity index (χ2n) is 8.52. The highest BCUT2D eigenvalue weighted by atomic mass is 15.0. The predicted molar refractivity (Wildman–Crippen MR) is 134 cm³/mol. The van der Waals surface area contributed by atoms with Gasteiger partial charge in [-0.05, 0) is 36.1 Å². The molecule has 4 aromatic carbocycles. The summed E-state index contributed by atoms with van der Waals surface area (Å²) < 4.78 is 0. The topological polar surface area (TPSA) is 24.1 Å². The summed E-state index contributed by atoms with van der Waals surface area (Å²) in [4.78, 5) is 0. The van der Waals surface area contributed by atoms with E-state index < -0.39 is 0 Å². The van der Waals surface area contributed by atoms with E-state index in [2.05, 4.69) is 134 Å². The van der Waals surface area contributed by atoms with E-state index in [9.17, 15) is 0 Å². The summed E-state index contributed by atoms with van der Waals surface area (Å²) in [7, 11) is 0. The molecule has 2 heteroatoms. The van der Waals surface area contributed by atoms with Crippen LogP contribution in [0.4, 0.5) is 0 Å². The van der Waals surface area contributed by atoms with E-state index in [4.69, 9.17) is 0 Å². The molecule has 0 aliphatic rings. The number of aryl methyl sites for hydroxylation is 2. The highest BCUT2D eigenvalue weighted by Gasteiger charge is 2.24. The van der Waals surface area contributed by atoms with Gasteiger partial charge in [0.2, 0.25) is 0 Å². The van der Waals surface area contributed by atoms with Crippen molar-refractivity contribution < 1.29 is 0 Å². The third kappa shape index (κ3) is 5.94. The van der Waals surface area contributed by atoms with Gasteiger partial charge < -0.3 is 10.6 Å². The van der Waals surface area contributed by atoms with Crippen LogP contribution >= 0.6 is 0 Å². The normalized spacial score (nSPS) is 12.9. The number of hydrogen-bond donors (Lipinski definition) is 2. The van der Waals surface area contributed by atoms with Gasteiger partial charge in [-0.3, -0.25) is 0 Å². The van der Waals surface area contributed by atoms with Crippen molar-refractivity contribution in [3.05, 3.63) is 143 Å². The van der Waals surface area contributed by atoms with Crippen molar-refractivity contribution in [2.45, 2.75) is 39.0 Å². The fourth-order valence-electron chi connectivity index (χ4n) is 4.23. The molecule has 0 amide bonds. The van der Waals surface area contributed by atoms with Crippen LogP contribution in [0.5, 0.6) is 0 Å². The second-order valence-corrected chi connectivity index (χ2v) is 8.52. The molecule has 0 radical (unpaired) electrons. The molecule has 0 bridgehead atoms. The molecule has 0 aliphatic carbocycles. The minimum atomic E-state index is 0.126. The molecule has 0 spiro atoms. The first-order chi connectivity index (χ1) is 15.7. The Labute approximate surface area is 192 Å². The molecule has 0 saturated heterocycles. The van der Waals surface area contributed by atoms with Gasteiger partial charge in [-0.2, -0.15) is 0 Å². The molecule has 4 aromatic rings. The molecule has 2 nitrogen and oxygen atoms in total. The largest absolute Gasteiger partial charge is 0.304 e. The highest BCUT2D eigenvalue weighted by molar-refractivity contribution is 5.33. The standard InChI is InChI=1S/C30H32N2/c1-23-11-9-17-27(19-23)29(31-21-25-13-5-3-6-14-25)30(28-18-10-12-24(2)20-28)32-22-26-15-7-4-8-16-26/h3-20,29-32H,21-22H2,1-2H3/t29-,30-/m1/s1. The molecule has 2 N–H and O–H groups in total. The van der Waals surface area contributed by atoms with Crippen molar-refractivity contribution in [3.63, 3.8) is 0 Å². The summed E-state index contributed by atoms with van der Waals surface area (Å²) in [5, 5.41) is 7.74. The molecule has 162 valence electrons. The monoisotopic (exact) mass is 420 g/mol. The van der Waals surface area contributed by atoms with Gasteiger partial charge in [-0.25, -0.2) is 0 Å².